The third-order valence-corrected chi connectivity index (χ3v) is 5.12. The van der Waals surface area contributed by atoms with E-state index < -0.39 is 12.0 Å². The van der Waals surface area contributed by atoms with Crippen LogP contribution in [0.4, 0.5) is 16.2 Å². The number of nitrogens with one attached hydrogen (secondary N) is 2. The fourth-order valence-electron chi connectivity index (χ4n) is 3.43. The predicted molar refractivity (Wildman–Crippen MR) is 132 cm³/mol. The Labute approximate surface area is 201 Å². The Hall–Kier alpha value is -4.66. The van der Waals surface area contributed by atoms with Crippen molar-refractivity contribution in [3.63, 3.8) is 0 Å². The molecule has 2 aromatic carbocycles. The van der Waals surface area contributed by atoms with E-state index in [9.17, 15) is 14.4 Å². The number of rotatable bonds is 7. The Kier molecular flexibility index (Phi) is 7.06. The number of carbonyl (C=O) groups excluding carboxylic acids is 2. The van der Waals surface area contributed by atoms with Crippen LogP contribution in [0.15, 0.2) is 77.7 Å². The molecule has 0 aliphatic heterocycles. The van der Waals surface area contributed by atoms with Gasteiger partial charge in [-0.1, -0.05) is 24.3 Å². The molecule has 9 heteroatoms. The van der Waals surface area contributed by atoms with Crippen LogP contribution in [0.5, 0.6) is 5.75 Å². The van der Waals surface area contributed by atoms with Crippen LogP contribution in [0.3, 0.4) is 0 Å². The largest absolute Gasteiger partial charge is 0.487 e. The number of urea groups is 1. The Bertz CT molecular complexity index is 1450. The van der Waals surface area contributed by atoms with E-state index in [0.29, 0.717) is 28.5 Å². The summed E-state index contributed by atoms with van der Waals surface area (Å²) in [5.74, 6) is 0.0149. The molecule has 2 heterocycles. The van der Waals surface area contributed by atoms with Gasteiger partial charge in [-0.15, -0.1) is 0 Å². The number of aryl methyl sites for hydroxylation is 1. The van der Waals surface area contributed by atoms with Gasteiger partial charge in [0.15, 0.2) is 0 Å². The zero-order chi connectivity index (χ0) is 24.8. The molecule has 178 valence electrons. The normalized spacial score (nSPS) is 10.6. The number of anilines is 2. The molecule has 0 atom stereocenters. The van der Waals surface area contributed by atoms with Gasteiger partial charge in [-0.3, -0.25) is 9.20 Å². The number of esters is 1. The molecular formula is C26H24N4O5. The summed E-state index contributed by atoms with van der Waals surface area (Å²) in [6.07, 6.45) is 1.66. The molecule has 0 radical (unpaired) electrons. The zero-order valence-corrected chi connectivity index (χ0v) is 19.3. The van der Waals surface area contributed by atoms with Crippen molar-refractivity contribution in [2.45, 2.75) is 20.5 Å². The number of para-hydroxylation sites is 1. The van der Waals surface area contributed by atoms with Gasteiger partial charge in [0.2, 0.25) is 0 Å². The van der Waals surface area contributed by atoms with Crippen molar-refractivity contribution >= 4 is 29.0 Å². The van der Waals surface area contributed by atoms with Gasteiger partial charge in [0.05, 0.1) is 23.6 Å². The van der Waals surface area contributed by atoms with Gasteiger partial charge >= 0.3 is 12.0 Å². The Balaban J connectivity index is 1.45. The lowest BCUT2D eigenvalue weighted by Gasteiger charge is -2.13. The first-order valence-electron chi connectivity index (χ1n) is 11.0. The SMILES string of the molecule is CCOC(=O)c1ccccc1NC(=O)Nc1ccc(C)c(OCc2cc(=O)n3ccccc3n2)c1. The minimum Gasteiger partial charge on any atom is -0.487 e. The lowest BCUT2D eigenvalue weighted by molar-refractivity contribution is 0.0527. The second kappa shape index (κ2) is 10.5. The van der Waals surface area contributed by atoms with Crippen molar-refractivity contribution in [2.24, 2.45) is 0 Å². The van der Waals surface area contributed by atoms with Crippen molar-refractivity contribution in [2.75, 3.05) is 17.2 Å². The van der Waals surface area contributed by atoms with Crippen LogP contribution in [0.25, 0.3) is 5.65 Å². The average Bonchev–Trinajstić information content (AvgIpc) is 2.85. The summed E-state index contributed by atoms with van der Waals surface area (Å²) >= 11 is 0. The molecule has 0 bridgehead atoms. The number of fused-ring (bicyclic) bond motifs is 1. The van der Waals surface area contributed by atoms with E-state index in [1.54, 1.807) is 67.7 Å². The minimum absolute atomic E-state index is 0.0873. The number of nitrogens with zero attached hydrogens (tertiary/aromatic N) is 2. The maximum absolute atomic E-state index is 12.6. The Morgan fingerprint density at radius 1 is 1.00 bits per heavy atom. The highest BCUT2D eigenvalue weighted by molar-refractivity contribution is 6.05. The number of hydrogen-bond donors (Lipinski definition) is 2. The van der Waals surface area contributed by atoms with Gasteiger partial charge in [-0.05, 0) is 49.7 Å². The molecule has 2 aromatic heterocycles. The van der Waals surface area contributed by atoms with E-state index >= 15 is 0 Å². The summed E-state index contributed by atoms with van der Waals surface area (Å²) < 4.78 is 12.4. The molecule has 2 N–H and O–H groups in total. The number of amides is 2. The first-order chi connectivity index (χ1) is 16.9. The summed E-state index contributed by atoms with van der Waals surface area (Å²) in [5, 5.41) is 5.41. The second-order valence-corrected chi connectivity index (χ2v) is 7.63. The fraction of sp³-hybridized carbons (Fsp3) is 0.154. The Morgan fingerprint density at radius 3 is 2.63 bits per heavy atom. The van der Waals surface area contributed by atoms with Crippen LogP contribution >= 0.6 is 0 Å². The fourth-order valence-corrected chi connectivity index (χ4v) is 3.43. The van der Waals surface area contributed by atoms with Crippen LogP contribution in [-0.4, -0.2) is 28.0 Å². The standard InChI is InChI=1S/C26H24N4O5/c1-3-34-25(32)20-8-4-5-9-21(20)29-26(33)28-18-12-11-17(2)22(14-18)35-16-19-15-24(31)30-13-7-6-10-23(30)27-19/h4-15H,3,16H2,1-2H3,(H2,28,29,33). The monoisotopic (exact) mass is 472 g/mol. The van der Waals surface area contributed by atoms with Crippen molar-refractivity contribution in [1.82, 2.24) is 9.38 Å². The summed E-state index contributed by atoms with van der Waals surface area (Å²) in [6, 6.07) is 18.0. The lowest BCUT2D eigenvalue weighted by Crippen LogP contribution is -2.21. The average molecular weight is 473 g/mol. The quantitative estimate of drug-likeness (QED) is 0.386. The van der Waals surface area contributed by atoms with Crippen LogP contribution in [0.2, 0.25) is 0 Å². The van der Waals surface area contributed by atoms with Gasteiger partial charge in [0.25, 0.3) is 5.56 Å². The lowest BCUT2D eigenvalue weighted by atomic mass is 10.2. The second-order valence-electron chi connectivity index (χ2n) is 7.63. The highest BCUT2D eigenvalue weighted by Gasteiger charge is 2.14. The third-order valence-electron chi connectivity index (χ3n) is 5.12. The molecule has 0 saturated heterocycles. The molecular weight excluding hydrogens is 448 g/mol. The Morgan fingerprint density at radius 2 is 1.80 bits per heavy atom. The van der Waals surface area contributed by atoms with E-state index in [1.807, 2.05) is 13.0 Å². The molecule has 4 aromatic rings. The molecule has 9 nitrogen and oxygen atoms in total. The maximum Gasteiger partial charge on any atom is 0.340 e. The molecule has 2 amide bonds. The maximum atomic E-state index is 12.6. The van der Waals surface area contributed by atoms with E-state index in [4.69, 9.17) is 9.47 Å². The van der Waals surface area contributed by atoms with Crippen LogP contribution in [0.1, 0.15) is 28.5 Å². The molecule has 0 fully saturated rings. The van der Waals surface area contributed by atoms with E-state index in [-0.39, 0.29) is 24.3 Å². The van der Waals surface area contributed by atoms with Crippen molar-refractivity contribution in [3.05, 3.63) is 100 Å². The van der Waals surface area contributed by atoms with Crippen molar-refractivity contribution in [3.8, 4) is 5.75 Å². The van der Waals surface area contributed by atoms with E-state index in [0.717, 1.165) is 5.56 Å². The van der Waals surface area contributed by atoms with Gasteiger partial charge < -0.3 is 20.1 Å². The summed E-state index contributed by atoms with van der Waals surface area (Å²) in [4.78, 5) is 41.5. The van der Waals surface area contributed by atoms with Crippen molar-refractivity contribution in [1.29, 1.82) is 0 Å². The predicted octanol–water partition coefficient (Wildman–Crippen LogP) is 4.40. The number of pyridine rings is 1. The summed E-state index contributed by atoms with van der Waals surface area (Å²) in [5.41, 5.74) is 2.76. The highest BCUT2D eigenvalue weighted by Crippen LogP contribution is 2.24. The first kappa shape index (κ1) is 23.5. The van der Waals surface area contributed by atoms with Crippen LogP contribution < -0.4 is 20.9 Å². The molecule has 35 heavy (non-hydrogen) atoms. The first-order valence-corrected chi connectivity index (χ1v) is 11.0. The number of ether oxygens (including phenoxy) is 2. The molecule has 0 saturated carbocycles. The zero-order valence-electron chi connectivity index (χ0n) is 19.3. The minimum atomic E-state index is -0.527. The topological polar surface area (TPSA) is 111 Å². The molecule has 0 aliphatic rings. The van der Waals surface area contributed by atoms with Gasteiger partial charge in [0, 0.05) is 24.0 Å². The molecule has 0 aliphatic carbocycles. The number of benzene rings is 2. The smallest absolute Gasteiger partial charge is 0.340 e. The van der Waals surface area contributed by atoms with Crippen LogP contribution in [0, 0.1) is 6.92 Å². The van der Waals surface area contributed by atoms with Gasteiger partial charge in [-0.2, -0.15) is 0 Å². The third kappa shape index (κ3) is 5.64. The molecule has 4 rings (SSSR count). The van der Waals surface area contributed by atoms with Gasteiger partial charge in [-0.25, -0.2) is 14.6 Å². The highest BCUT2D eigenvalue weighted by atomic mass is 16.5. The number of carbonyl (C=O) groups is 2. The van der Waals surface area contributed by atoms with Crippen LogP contribution in [-0.2, 0) is 11.3 Å². The number of aromatic nitrogens is 2. The van der Waals surface area contributed by atoms with E-state index in [1.165, 1.54) is 10.5 Å². The van der Waals surface area contributed by atoms with Gasteiger partial charge in [0.1, 0.15) is 18.0 Å². The molecule has 0 unspecified atom stereocenters. The van der Waals surface area contributed by atoms with E-state index in [2.05, 4.69) is 15.6 Å². The summed E-state index contributed by atoms with van der Waals surface area (Å²) in [7, 11) is 0. The summed E-state index contributed by atoms with van der Waals surface area (Å²) in [6.45, 7) is 3.91. The number of hydrogen-bond acceptors (Lipinski definition) is 6. The van der Waals surface area contributed by atoms with Crippen molar-refractivity contribution < 1.29 is 19.1 Å². The molecule has 0 spiro atoms.